The van der Waals surface area contributed by atoms with Gasteiger partial charge in [-0.05, 0) is 44.2 Å². The lowest BCUT2D eigenvalue weighted by atomic mass is 10.2. The van der Waals surface area contributed by atoms with Gasteiger partial charge in [0.1, 0.15) is 6.61 Å². The number of amides is 1. The third-order valence-electron chi connectivity index (χ3n) is 4.56. The predicted octanol–water partition coefficient (Wildman–Crippen LogP) is 2.94. The summed E-state index contributed by atoms with van der Waals surface area (Å²) in [6.45, 7) is 4.05. The molecular weight excluding hydrogens is 402 g/mol. The van der Waals surface area contributed by atoms with Gasteiger partial charge in [-0.15, -0.1) is 0 Å². The second kappa shape index (κ2) is 10.1. The summed E-state index contributed by atoms with van der Waals surface area (Å²) in [4.78, 5) is 26.2. The number of hydrogen-bond acceptors (Lipinski definition) is 7. The molecule has 1 heterocycles. The van der Waals surface area contributed by atoms with Crippen LogP contribution in [-0.4, -0.2) is 62.9 Å². The van der Waals surface area contributed by atoms with Crippen LogP contribution in [0, 0.1) is 0 Å². The molecule has 0 fully saturated rings. The van der Waals surface area contributed by atoms with Crippen LogP contribution in [0.15, 0.2) is 42.5 Å². The van der Waals surface area contributed by atoms with E-state index in [1.165, 1.54) is 18.1 Å². The van der Waals surface area contributed by atoms with Crippen molar-refractivity contribution in [2.75, 3.05) is 33.9 Å². The number of benzene rings is 2. The van der Waals surface area contributed by atoms with Crippen LogP contribution in [0.25, 0.3) is 0 Å². The molecule has 0 radical (unpaired) electrons. The Labute approximate surface area is 181 Å². The summed E-state index contributed by atoms with van der Waals surface area (Å²) in [7, 11) is 3.12. The zero-order valence-corrected chi connectivity index (χ0v) is 18.1. The number of carbonyl (C=O) groups is 2. The van der Waals surface area contributed by atoms with Gasteiger partial charge in [-0.25, -0.2) is 4.79 Å². The van der Waals surface area contributed by atoms with Gasteiger partial charge in [-0.2, -0.15) is 0 Å². The highest BCUT2D eigenvalue weighted by atomic mass is 16.6. The molecule has 2 aromatic rings. The lowest BCUT2D eigenvalue weighted by Gasteiger charge is -2.29. The molecule has 1 atom stereocenters. The normalized spacial score (nSPS) is 14.7. The molecular formula is C23H27NO7. The minimum Gasteiger partial charge on any atom is -0.493 e. The largest absolute Gasteiger partial charge is 0.493 e. The summed E-state index contributed by atoms with van der Waals surface area (Å²) >= 11 is 0. The number of nitrogens with zero attached hydrogens (tertiary/aromatic N) is 1. The van der Waals surface area contributed by atoms with Gasteiger partial charge in [0.25, 0.3) is 5.91 Å². The second-order valence-corrected chi connectivity index (χ2v) is 7.38. The molecule has 8 nitrogen and oxygen atoms in total. The molecule has 0 aliphatic carbocycles. The van der Waals surface area contributed by atoms with Crippen molar-refractivity contribution < 1.29 is 33.3 Å². The lowest BCUT2D eigenvalue weighted by Crippen LogP contribution is -2.43. The quantitative estimate of drug-likeness (QED) is 0.597. The van der Waals surface area contributed by atoms with Crippen molar-refractivity contribution >= 4 is 11.9 Å². The number of para-hydroxylation sites is 2. The first kappa shape index (κ1) is 22.3. The van der Waals surface area contributed by atoms with Gasteiger partial charge in [0.05, 0.1) is 25.3 Å². The number of rotatable bonds is 8. The number of ether oxygens (including phenoxy) is 5. The molecule has 1 aliphatic heterocycles. The molecule has 3 rings (SSSR count). The Morgan fingerprint density at radius 3 is 2.58 bits per heavy atom. The van der Waals surface area contributed by atoms with Gasteiger partial charge in [0, 0.05) is 7.05 Å². The molecule has 0 spiro atoms. The fraction of sp³-hybridized carbons (Fsp3) is 0.391. The summed E-state index contributed by atoms with van der Waals surface area (Å²) < 4.78 is 27.6. The number of esters is 1. The van der Waals surface area contributed by atoms with Crippen molar-refractivity contribution in [3.8, 4) is 23.0 Å². The van der Waals surface area contributed by atoms with Crippen LogP contribution in [0.1, 0.15) is 24.2 Å². The molecule has 1 amide bonds. The Kier molecular flexibility index (Phi) is 7.23. The smallest absolute Gasteiger partial charge is 0.338 e. The van der Waals surface area contributed by atoms with E-state index in [1.807, 2.05) is 38.1 Å². The molecule has 0 saturated heterocycles. The maximum absolute atomic E-state index is 12.4. The highest BCUT2D eigenvalue weighted by Gasteiger charge is 2.24. The minimum absolute atomic E-state index is 0.0353. The molecule has 0 bridgehead atoms. The Morgan fingerprint density at radius 1 is 1.13 bits per heavy atom. The minimum atomic E-state index is -0.623. The summed E-state index contributed by atoms with van der Waals surface area (Å²) in [6.07, 6.45) is -0.343. The third kappa shape index (κ3) is 5.81. The summed E-state index contributed by atoms with van der Waals surface area (Å²) in [5.41, 5.74) is 0.268. The van der Waals surface area contributed by atoms with Gasteiger partial charge < -0.3 is 28.6 Å². The monoisotopic (exact) mass is 429 g/mol. The zero-order valence-electron chi connectivity index (χ0n) is 18.1. The highest BCUT2D eigenvalue weighted by molar-refractivity contribution is 5.92. The van der Waals surface area contributed by atoms with E-state index in [0.717, 1.165) is 0 Å². The lowest BCUT2D eigenvalue weighted by molar-refractivity contribution is -0.134. The molecule has 0 N–H and O–H groups in total. The number of methoxy groups -OCH3 is 1. The van der Waals surface area contributed by atoms with Gasteiger partial charge in [-0.3, -0.25) is 4.79 Å². The fourth-order valence-electron chi connectivity index (χ4n) is 3.03. The van der Waals surface area contributed by atoms with E-state index in [4.69, 9.17) is 23.7 Å². The van der Waals surface area contributed by atoms with Gasteiger partial charge >= 0.3 is 5.97 Å². The van der Waals surface area contributed by atoms with Gasteiger partial charge in [0.15, 0.2) is 35.7 Å². The van der Waals surface area contributed by atoms with E-state index >= 15 is 0 Å². The summed E-state index contributed by atoms with van der Waals surface area (Å²) in [5.74, 6) is 1.30. The predicted molar refractivity (Wildman–Crippen MR) is 113 cm³/mol. The van der Waals surface area contributed by atoms with Crippen molar-refractivity contribution in [3.05, 3.63) is 48.0 Å². The first-order valence-electron chi connectivity index (χ1n) is 10.0. The molecule has 8 heteroatoms. The third-order valence-corrected chi connectivity index (χ3v) is 4.56. The molecule has 1 unspecified atom stereocenters. The van der Waals surface area contributed by atoms with E-state index in [0.29, 0.717) is 36.1 Å². The van der Waals surface area contributed by atoms with Crippen molar-refractivity contribution in [2.45, 2.75) is 26.1 Å². The van der Waals surface area contributed by atoms with Crippen molar-refractivity contribution in [2.24, 2.45) is 0 Å². The van der Waals surface area contributed by atoms with E-state index in [-0.39, 0.29) is 30.3 Å². The van der Waals surface area contributed by atoms with Crippen LogP contribution >= 0.6 is 0 Å². The van der Waals surface area contributed by atoms with Crippen LogP contribution in [-0.2, 0) is 9.53 Å². The molecule has 166 valence electrons. The van der Waals surface area contributed by atoms with Crippen LogP contribution < -0.4 is 18.9 Å². The van der Waals surface area contributed by atoms with E-state index in [1.54, 1.807) is 19.2 Å². The number of likely N-dealkylation sites (N-methyl/N-ethyl adjacent to an activating group) is 1. The first-order valence-corrected chi connectivity index (χ1v) is 10.0. The van der Waals surface area contributed by atoms with Crippen molar-refractivity contribution in [1.82, 2.24) is 4.90 Å². The topological polar surface area (TPSA) is 83.5 Å². The molecule has 1 aliphatic rings. The van der Waals surface area contributed by atoms with Gasteiger partial charge in [-0.1, -0.05) is 12.1 Å². The van der Waals surface area contributed by atoms with Crippen molar-refractivity contribution in [3.63, 3.8) is 0 Å². The average molecular weight is 429 g/mol. The maximum Gasteiger partial charge on any atom is 0.338 e. The number of carbonyl (C=O) groups excluding carboxylic acids is 2. The van der Waals surface area contributed by atoms with Crippen LogP contribution in [0.3, 0.4) is 0 Å². The second-order valence-electron chi connectivity index (χ2n) is 7.38. The Hall–Kier alpha value is -3.42. The van der Waals surface area contributed by atoms with Crippen LogP contribution in [0.2, 0.25) is 0 Å². The maximum atomic E-state index is 12.4. The standard InChI is InChI=1S/C23H27NO7/c1-15(2)30-20-10-9-16(11-21(20)27-4)23(26)29-14-22(25)24(3)12-17-13-28-18-7-5-6-8-19(18)31-17/h5-11,15,17H,12-14H2,1-4H3. The molecule has 31 heavy (non-hydrogen) atoms. The molecule has 0 saturated carbocycles. The number of hydrogen-bond donors (Lipinski definition) is 0. The highest BCUT2D eigenvalue weighted by Crippen LogP contribution is 2.31. The van der Waals surface area contributed by atoms with Crippen LogP contribution in [0.5, 0.6) is 23.0 Å². The Balaban J connectivity index is 1.51. The van der Waals surface area contributed by atoms with Crippen LogP contribution in [0.4, 0.5) is 0 Å². The Bertz CT molecular complexity index is 928. The SMILES string of the molecule is COc1cc(C(=O)OCC(=O)N(C)CC2COc3ccccc3O2)ccc1OC(C)C. The van der Waals surface area contributed by atoms with Gasteiger partial charge in [0.2, 0.25) is 0 Å². The van der Waals surface area contributed by atoms with E-state index in [2.05, 4.69) is 0 Å². The zero-order chi connectivity index (χ0) is 22.4. The first-order chi connectivity index (χ1) is 14.9. The molecule has 2 aromatic carbocycles. The number of fused-ring (bicyclic) bond motifs is 1. The fourth-order valence-corrected chi connectivity index (χ4v) is 3.03. The van der Waals surface area contributed by atoms with Crippen molar-refractivity contribution in [1.29, 1.82) is 0 Å². The summed E-state index contributed by atoms with van der Waals surface area (Å²) in [5, 5.41) is 0. The van der Waals surface area contributed by atoms with E-state index in [9.17, 15) is 9.59 Å². The Morgan fingerprint density at radius 2 is 1.87 bits per heavy atom. The average Bonchev–Trinajstić information content (AvgIpc) is 2.76. The molecule has 0 aromatic heterocycles. The summed E-state index contributed by atoms with van der Waals surface area (Å²) in [6, 6.07) is 12.1. The van der Waals surface area contributed by atoms with E-state index < -0.39 is 5.97 Å².